The second kappa shape index (κ2) is 11.0. The van der Waals surface area contributed by atoms with Crippen LogP contribution in [0.3, 0.4) is 0 Å². The van der Waals surface area contributed by atoms with E-state index in [-0.39, 0.29) is 0 Å². The van der Waals surface area contributed by atoms with Gasteiger partial charge in [0.2, 0.25) is 0 Å². The van der Waals surface area contributed by atoms with Crippen molar-refractivity contribution in [3.05, 3.63) is 12.2 Å². The van der Waals surface area contributed by atoms with Gasteiger partial charge >= 0.3 is 0 Å². The number of aliphatic imine (C=N–C) groups is 1. The Morgan fingerprint density at radius 2 is 1.56 bits per heavy atom. The Hall–Kier alpha value is -1.10. The van der Waals surface area contributed by atoms with Crippen LogP contribution in [-0.4, -0.2) is 12.3 Å². The van der Waals surface area contributed by atoms with Gasteiger partial charge < -0.3 is 0 Å². The Bertz CT molecular complexity index is 297. The highest BCUT2D eigenvalue weighted by Gasteiger charge is 1.99. The van der Waals surface area contributed by atoms with E-state index >= 15 is 0 Å². The summed E-state index contributed by atoms with van der Waals surface area (Å²) in [6, 6.07) is 2.20. The van der Waals surface area contributed by atoms with Crippen LogP contribution in [-0.2, 0) is 0 Å². The minimum absolute atomic E-state index is 0.734. The van der Waals surface area contributed by atoms with Gasteiger partial charge in [-0.1, -0.05) is 51.0 Å². The van der Waals surface area contributed by atoms with E-state index in [4.69, 9.17) is 5.26 Å². The molecule has 0 aliphatic carbocycles. The molecule has 0 atom stereocenters. The van der Waals surface area contributed by atoms with E-state index in [9.17, 15) is 0 Å². The van der Waals surface area contributed by atoms with Crippen molar-refractivity contribution in [3.8, 4) is 6.07 Å². The maximum Gasteiger partial charge on any atom is 0.0621 e. The van der Waals surface area contributed by atoms with Gasteiger partial charge in [0, 0.05) is 12.1 Å². The normalized spacial score (nSPS) is 13.6. The minimum atomic E-state index is 0.734. The van der Waals surface area contributed by atoms with Crippen molar-refractivity contribution in [2.24, 2.45) is 4.99 Å². The fourth-order valence-electron chi connectivity index (χ4n) is 2.32. The third-order valence-corrected chi connectivity index (χ3v) is 3.43. The summed E-state index contributed by atoms with van der Waals surface area (Å²) in [7, 11) is 0. The molecule has 0 fully saturated rings. The first-order valence-corrected chi connectivity index (χ1v) is 7.50. The van der Waals surface area contributed by atoms with Crippen molar-refractivity contribution >= 4 is 5.71 Å². The van der Waals surface area contributed by atoms with Crippen LogP contribution in [0, 0.1) is 11.3 Å². The third kappa shape index (κ3) is 8.06. The van der Waals surface area contributed by atoms with E-state index in [1.165, 1.54) is 63.5 Å². The van der Waals surface area contributed by atoms with Gasteiger partial charge in [0.25, 0.3) is 0 Å². The van der Waals surface area contributed by atoms with E-state index in [1.807, 2.05) is 0 Å². The lowest BCUT2D eigenvalue weighted by Crippen LogP contribution is -1.90. The van der Waals surface area contributed by atoms with Crippen LogP contribution in [0.25, 0.3) is 0 Å². The summed E-state index contributed by atoms with van der Waals surface area (Å²) in [5.74, 6) is 0. The topological polar surface area (TPSA) is 36.1 Å². The average molecular weight is 246 g/mol. The van der Waals surface area contributed by atoms with Gasteiger partial charge in [0.15, 0.2) is 0 Å². The van der Waals surface area contributed by atoms with Crippen molar-refractivity contribution in [3.63, 3.8) is 0 Å². The molecule has 2 heteroatoms. The zero-order chi connectivity index (χ0) is 12.9. The molecule has 2 nitrogen and oxygen atoms in total. The number of nitrogens with zero attached hydrogens (tertiary/aromatic N) is 2. The van der Waals surface area contributed by atoms with Crippen LogP contribution in [0.1, 0.15) is 70.6 Å². The predicted octanol–water partition coefficient (Wildman–Crippen LogP) is 4.81. The second-order valence-electron chi connectivity index (χ2n) is 5.07. The Morgan fingerprint density at radius 1 is 0.944 bits per heavy atom. The number of rotatable bonds is 11. The van der Waals surface area contributed by atoms with Crippen LogP contribution in [0.2, 0.25) is 0 Å². The zero-order valence-corrected chi connectivity index (χ0v) is 11.5. The maximum absolute atomic E-state index is 8.41. The minimum Gasteiger partial charge on any atom is -0.286 e. The highest BCUT2D eigenvalue weighted by atomic mass is 14.7. The Balaban J connectivity index is 1.73. The lowest BCUT2D eigenvalue weighted by Gasteiger charge is -2.02. The van der Waals surface area contributed by atoms with Crippen LogP contribution in [0.15, 0.2) is 17.1 Å². The molecule has 0 bridgehead atoms. The molecule has 100 valence electrons. The summed E-state index contributed by atoms with van der Waals surface area (Å²) in [6.07, 6.45) is 18.0. The van der Waals surface area contributed by atoms with Gasteiger partial charge in [-0.25, -0.2) is 0 Å². The lowest BCUT2D eigenvalue weighted by atomic mass is 10.0. The summed E-state index contributed by atoms with van der Waals surface area (Å²) in [4.78, 5) is 4.40. The number of allylic oxidation sites excluding steroid dienone is 1. The highest BCUT2D eigenvalue weighted by Crippen LogP contribution is 2.12. The maximum atomic E-state index is 8.41. The van der Waals surface area contributed by atoms with Crippen molar-refractivity contribution in [1.29, 1.82) is 5.26 Å². The van der Waals surface area contributed by atoms with Crippen LogP contribution < -0.4 is 0 Å². The summed E-state index contributed by atoms with van der Waals surface area (Å²) < 4.78 is 0. The highest BCUT2D eigenvalue weighted by molar-refractivity contribution is 5.96. The number of hydrogen-bond acceptors (Lipinski definition) is 2. The molecule has 18 heavy (non-hydrogen) atoms. The molecule has 0 radical (unpaired) electrons. The molecule has 0 saturated carbocycles. The monoisotopic (exact) mass is 246 g/mol. The molecule has 0 amide bonds. The molecule has 1 aliphatic heterocycles. The molecule has 0 aromatic carbocycles. The molecule has 0 aromatic heterocycles. The summed E-state index contributed by atoms with van der Waals surface area (Å²) in [6.45, 7) is 0.904. The smallest absolute Gasteiger partial charge is 0.0621 e. The van der Waals surface area contributed by atoms with Gasteiger partial charge in [-0.15, -0.1) is 0 Å². The molecule has 1 heterocycles. The van der Waals surface area contributed by atoms with Crippen molar-refractivity contribution < 1.29 is 0 Å². The average Bonchev–Trinajstić information content (AvgIpc) is 2.89. The first-order valence-electron chi connectivity index (χ1n) is 7.50. The quantitative estimate of drug-likeness (QED) is 0.482. The Morgan fingerprint density at radius 3 is 2.11 bits per heavy atom. The molecular formula is C16H26N2. The standard InChI is InChI=1S/C16H26N2/c17-14-10-8-6-4-2-1-3-5-7-9-12-16-13-11-15-18-16/h11,13H,1-10,12,15H2. The van der Waals surface area contributed by atoms with Gasteiger partial charge in [0.05, 0.1) is 12.6 Å². The van der Waals surface area contributed by atoms with Crippen molar-refractivity contribution in [2.45, 2.75) is 70.6 Å². The third-order valence-electron chi connectivity index (χ3n) is 3.43. The van der Waals surface area contributed by atoms with Gasteiger partial charge in [-0.05, 0) is 25.3 Å². The second-order valence-corrected chi connectivity index (χ2v) is 5.07. The fourth-order valence-corrected chi connectivity index (χ4v) is 2.32. The first kappa shape index (κ1) is 15.0. The molecule has 0 unspecified atom stereocenters. The zero-order valence-electron chi connectivity index (χ0n) is 11.5. The Labute approximate surface area is 112 Å². The molecule has 0 N–H and O–H groups in total. The van der Waals surface area contributed by atoms with E-state index in [0.29, 0.717) is 0 Å². The predicted molar refractivity (Wildman–Crippen MR) is 77.8 cm³/mol. The van der Waals surface area contributed by atoms with Crippen LogP contribution in [0.5, 0.6) is 0 Å². The summed E-state index contributed by atoms with van der Waals surface area (Å²) in [5, 5.41) is 8.41. The lowest BCUT2D eigenvalue weighted by molar-refractivity contribution is 0.564. The summed E-state index contributed by atoms with van der Waals surface area (Å²) in [5.41, 5.74) is 1.30. The first-order chi connectivity index (χ1) is 8.93. The van der Waals surface area contributed by atoms with Gasteiger partial charge in [0.1, 0.15) is 0 Å². The molecule has 1 aliphatic rings. The van der Waals surface area contributed by atoms with E-state index in [0.717, 1.165) is 19.4 Å². The van der Waals surface area contributed by atoms with E-state index < -0.39 is 0 Å². The van der Waals surface area contributed by atoms with E-state index in [2.05, 4.69) is 23.2 Å². The molecule has 1 rings (SSSR count). The van der Waals surface area contributed by atoms with E-state index in [1.54, 1.807) is 0 Å². The number of unbranched alkanes of at least 4 members (excludes halogenated alkanes) is 9. The number of hydrogen-bond donors (Lipinski definition) is 0. The summed E-state index contributed by atoms with van der Waals surface area (Å²) >= 11 is 0. The van der Waals surface area contributed by atoms with Gasteiger partial charge in [-0.3, -0.25) is 4.99 Å². The number of nitriles is 1. The molecule has 0 saturated heterocycles. The van der Waals surface area contributed by atoms with Crippen LogP contribution >= 0.6 is 0 Å². The molecular weight excluding hydrogens is 220 g/mol. The van der Waals surface area contributed by atoms with Crippen molar-refractivity contribution in [1.82, 2.24) is 0 Å². The fraction of sp³-hybridized carbons (Fsp3) is 0.750. The van der Waals surface area contributed by atoms with Crippen molar-refractivity contribution in [2.75, 3.05) is 6.54 Å². The SMILES string of the molecule is N#CCCCCCCCCCCCC1=NCC=C1. The molecule has 0 spiro atoms. The molecule has 0 aromatic rings. The Kier molecular flexibility index (Phi) is 9.16. The van der Waals surface area contributed by atoms with Gasteiger partial charge in [-0.2, -0.15) is 5.26 Å². The largest absolute Gasteiger partial charge is 0.286 e. The van der Waals surface area contributed by atoms with Crippen LogP contribution in [0.4, 0.5) is 0 Å².